The number of carboxylic acids is 1. The quantitative estimate of drug-likeness (QED) is 0.877. The molecule has 1 N–H and O–H groups in total. The van der Waals surface area contributed by atoms with Crippen LogP contribution in [0.25, 0.3) is 0 Å². The summed E-state index contributed by atoms with van der Waals surface area (Å²) in [6, 6.07) is 5.86. The van der Waals surface area contributed by atoms with Crippen LogP contribution in [0.3, 0.4) is 0 Å². The van der Waals surface area contributed by atoms with E-state index in [1.165, 1.54) is 0 Å². The van der Waals surface area contributed by atoms with Crippen molar-refractivity contribution in [1.82, 2.24) is 4.90 Å². The number of aliphatic carboxylic acids is 1. The Morgan fingerprint density at radius 2 is 2.08 bits per heavy atom. The van der Waals surface area contributed by atoms with Gasteiger partial charge in [-0.05, 0) is 37.5 Å². The minimum Gasteiger partial charge on any atom is -0.486 e. The van der Waals surface area contributed by atoms with Crippen molar-refractivity contribution in [2.24, 2.45) is 0 Å². The second-order valence-corrected chi connectivity index (χ2v) is 7.27. The second kappa shape index (κ2) is 7.34. The fourth-order valence-electron chi connectivity index (χ4n) is 3.03. The Kier molecular flexibility index (Phi) is 5.18. The molecule has 1 aromatic carbocycles. The molecule has 2 heterocycles. The molecule has 1 fully saturated rings. The molecule has 1 amide bonds. The number of carboxylic acid groups (broad SMARTS) is 1. The number of hydrogen-bond donors (Lipinski definition) is 1. The van der Waals surface area contributed by atoms with E-state index in [-0.39, 0.29) is 17.7 Å². The molecule has 1 aromatic rings. The SMILES string of the molecule is C[C@H](SCC(=O)N1CCC[C@@H]1c1ccc2c(c1)OCCO2)C(=O)O. The molecule has 2 atom stereocenters. The summed E-state index contributed by atoms with van der Waals surface area (Å²) in [6.45, 7) is 3.40. The maximum atomic E-state index is 12.5. The third kappa shape index (κ3) is 3.61. The van der Waals surface area contributed by atoms with Gasteiger partial charge < -0.3 is 19.5 Å². The minimum absolute atomic E-state index is 0.00881. The highest BCUT2D eigenvalue weighted by Gasteiger charge is 2.31. The maximum absolute atomic E-state index is 12.5. The van der Waals surface area contributed by atoms with Crippen LogP contribution in [-0.4, -0.2) is 52.6 Å². The van der Waals surface area contributed by atoms with E-state index in [2.05, 4.69) is 0 Å². The molecular weight excluding hydrogens is 330 g/mol. The van der Waals surface area contributed by atoms with Crippen molar-refractivity contribution in [3.05, 3.63) is 23.8 Å². The largest absolute Gasteiger partial charge is 0.486 e. The van der Waals surface area contributed by atoms with E-state index in [0.29, 0.717) is 19.8 Å². The van der Waals surface area contributed by atoms with Gasteiger partial charge in [0.15, 0.2) is 11.5 Å². The Labute approximate surface area is 145 Å². The second-order valence-electron chi connectivity index (χ2n) is 5.94. The van der Waals surface area contributed by atoms with Crippen LogP contribution in [0, 0.1) is 0 Å². The van der Waals surface area contributed by atoms with Crippen molar-refractivity contribution in [2.45, 2.75) is 31.1 Å². The van der Waals surface area contributed by atoms with E-state index < -0.39 is 11.2 Å². The van der Waals surface area contributed by atoms with Crippen LogP contribution in [0.1, 0.15) is 31.4 Å². The van der Waals surface area contributed by atoms with Crippen molar-refractivity contribution in [3.63, 3.8) is 0 Å². The molecule has 0 aliphatic carbocycles. The Morgan fingerprint density at radius 3 is 2.83 bits per heavy atom. The first kappa shape index (κ1) is 17.0. The molecule has 24 heavy (non-hydrogen) atoms. The average Bonchev–Trinajstić information content (AvgIpc) is 3.08. The predicted molar refractivity (Wildman–Crippen MR) is 90.7 cm³/mol. The zero-order chi connectivity index (χ0) is 17.1. The number of ether oxygens (including phenoxy) is 2. The Morgan fingerprint density at radius 1 is 1.33 bits per heavy atom. The van der Waals surface area contributed by atoms with Crippen LogP contribution in [0.15, 0.2) is 18.2 Å². The lowest BCUT2D eigenvalue weighted by atomic mass is 10.0. The number of nitrogens with zero attached hydrogens (tertiary/aromatic N) is 1. The lowest BCUT2D eigenvalue weighted by molar-refractivity contribution is -0.136. The van der Waals surface area contributed by atoms with Gasteiger partial charge in [-0.1, -0.05) is 6.07 Å². The van der Waals surface area contributed by atoms with Crippen molar-refractivity contribution in [1.29, 1.82) is 0 Å². The van der Waals surface area contributed by atoms with Gasteiger partial charge >= 0.3 is 5.97 Å². The third-order valence-corrected chi connectivity index (χ3v) is 5.44. The highest BCUT2D eigenvalue weighted by molar-refractivity contribution is 8.01. The number of amides is 1. The van der Waals surface area contributed by atoms with Crippen LogP contribution >= 0.6 is 11.8 Å². The Bertz CT molecular complexity index is 635. The van der Waals surface area contributed by atoms with Gasteiger partial charge in [-0.2, -0.15) is 0 Å². The topological polar surface area (TPSA) is 76.1 Å². The van der Waals surface area contributed by atoms with Gasteiger partial charge in [-0.15, -0.1) is 11.8 Å². The number of thioether (sulfide) groups is 1. The van der Waals surface area contributed by atoms with E-state index in [4.69, 9.17) is 14.6 Å². The van der Waals surface area contributed by atoms with Crippen LogP contribution in [-0.2, 0) is 9.59 Å². The minimum atomic E-state index is -0.891. The van der Waals surface area contributed by atoms with Gasteiger partial charge in [-0.25, -0.2) is 0 Å². The number of carbonyl (C=O) groups excluding carboxylic acids is 1. The fourth-order valence-corrected chi connectivity index (χ4v) is 3.73. The van der Waals surface area contributed by atoms with Crippen LogP contribution in [0.5, 0.6) is 11.5 Å². The molecule has 0 saturated carbocycles. The van der Waals surface area contributed by atoms with Crippen molar-refractivity contribution >= 4 is 23.6 Å². The number of carbonyl (C=O) groups is 2. The van der Waals surface area contributed by atoms with E-state index in [9.17, 15) is 9.59 Å². The van der Waals surface area contributed by atoms with E-state index in [1.807, 2.05) is 23.1 Å². The summed E-state index contributed by atoms with van der Waals surface area (Å²) in [5.74, 6) is 0.760. The zero-order valence-corrected chi connectivity index (χ0v) is 14.4. The molecule has 0 unspecified atom stereocenters. The summed E-state index contributed by atoms with van der Waals surface area (Å²) in [4.78, 5) is 25.2. The van der Waals surface area contributed by atoms with E-state index in [1.54, 1.807) is 6.92 Å². The van der Waals surface area contributed by atoms with Crippen LogP contribution in [0.4, 0.5) is 0 Å². The summed E-state index contributed by atoms with van der Waals surface area (Å²) in [5, 5.41) is 8.35. The first-order valence-electron chi connectivity index (χ1n) is 8.09. The van der Waals surface area contributed by atoms with Gasteiger partial charge in [-0.3, -0.25) is 9.59 Å². The lowest BCUT2D eigenvalue weighted by Crippen LogP contribution is -2.32. The molecule has 2 aliphatic heterocycles. The van der Waals surface area contributed by atoms with E-state index in [0.717, 1.165) is 41.7 Å². The van der Waals surface area contributed by atoms with Crippen molar-refractivity contribution < 1.29 is 24.2 Å². The molecule has 0 bridgehead atoms. The Hall–Kier alpha value is -1.89. The lowest BCUT2D eigenvalue weighted by Gasteiger charge is -2.27. The number of likely N-dealkylation sites (tertiary alicyclic amines) is 1. The summed E-state index contributed by atoms with van der Waals surface area (Å²) in [5.41, 5.74) is 1.04. The van der Waals surface area contributed by atoms with Gasteiger partial charge in [0.2, 0.25) is 5.91 Å². The molecule has 0 spiro atoms. The standard InChI is InChI=1S/C17H21NO5S/c1-11(17(20)21)24-10-16(19)18-6-2-3-13(18)12-4-5-14-15(9-12)23-8-7-22-14/h4-5,9,11,13H,2-3,6-8,10H2,1H3,(H,20,21)/t11-,13+/m0/s1. The van der Waals surface area contributed by atoms with Gasteiger partial charge in [0.25, 0.3) is 0 Å². The molecular formula is C17H21NO5S. The normalized spacial score (nSPS) is 20.7. The summed E-state index contributed by atoms with van der Waals surface area (Å²) in [7, 11) is 0. The van der Waals surface area contributed by atoms with E-state index >= 15 is 0 Å². The van der Waals surface area contributed by atoms with Gasteiger partial charge in [0, 0.05) is 6.54 Å². The predicted octanol–water partition coefficient (Wildman–Crippen LogP) is 2.33. The number of benzene rings is 1. The van der Waals surface area contributed by atoms with Crippen molar-refractivity contribution in [2.75, 3.05) is 25.5 Å². The maximum Gasteiger partial charge on any atom is 0.316 e. The molecule has 0 aromatic heterocycles. The molecule has 2 aliphatic rings. The molecule has 6 nitrogen and oxygen atoms in total. The smallest absolute Gasteiger partial charge is 0.316 e. The first-order chi connectivity index (χ1) is 11.6. The fraction of sp³-hybridized carbons (Fsp3) is 0.529. The molecule has 1 saturated heterocycles. The Balaban J connectivity index is 1.69. The first-order valence-corrected chi connectivity index (χ1v) is 9.14. The number of hydrogen-bond acceptors (Lipinski definition) is 5. The van der Waals surface area contributed by atoms with Crippen LogP contribution in [0.2, 0.25) is 0 Å². The molecule has 3 rings (SSSR count). The number of fused-ring (bicyclic) bond motifs is 1. The van der Waals surface area contributed by atoms with Crippen LogP contribution < -0.4 is 9.47 Å². The van der Waals surface area contributed by atoms with Gasteiger partial charge in [0.05, 0.1) is 17.0 Å². The molecule has 130 valence electrons. The molecule has 7 heteroatoms. The molecule has 0 radical (unpaired) electrons. The summed E-state index contributed by atoms with van der Waals surface area (Å²) >= 11 is 1.16. The van der Waals surface area contributed by atoms with Gasteiger partial charge in [0.1, 0.15) is 13.2 Å². The highest BCUT2D eigenvalue weighted by atomic mass is 32.2. The zero-order valence-electron chi connectivity index (χ0n) is 13.6. The average molecular weight is 351 g/mol. The number of rotatable bonds is 5. The summed E-state index contributed by atoms with van der Waals surface area (Å²) < 4.78 is 11.2. The third-order valence-electron chi connectivity index (χ3n) is 4.33. The highest BCUT2D eigenvalue weighted by Crippen LogP contribution is 2.38. The monoisotopic (exact) mass is 351 g/mol. The summed E-state index contributed by atoms with van der Waals surface area (Å²) in [6.07, 6.45) is 1.86. The van der Waals surface area contributed by atoms with Crippen molar-refractivity contribution in [3.8, 4) is 11.5 Å².